The molecule has 1 aliphatic carbocycles. The smallest absolute Gasteiger partial charge is 0.223 e. The van der Waals surface area contributed by atoms with Crippen LogP contribution in [-0.2, 0) is 9.53 Å². The molecule has 0 radical (unpaired) electrons. The van der Waals surface area contributed by atoms with Crippen LogP contribution in [0, 0.1) is 11.8 Å². The number of nitrogens with zero attached hydrogens (tertiary/aromatic N) is 2. The minimum absolute atomic E-state index is 0.225. The van der Waals surface area contributed by atoms with Crippen molar-refractivity contribution in [1.29, 1.82) is 0 Å². The number of aliphatic imine (C=N–C) groups is 1. The molecule has 1 heterocycles. The largest absolute Gasteiger partial charge is 0.384 e. The third kappa shape index (κ3) is 5.68. The molecule has 0 aromatic carbocycles. The Labute approximate surface area is 140 Å². The molecule has 132 valence electrons. The second kappa shape index (κ2) is 9.75. The highest BCUT2D eigenvalue weighted by Gasteiger charge is 2.24. The molecule has 1 amide bonds. The Balaban J connectivity index is 1.63. The number of carbonyl (C=O) groups is 1. The lowest BCUT2D eigenvalue weighted by Crippen LogP contribution is -2.44. The van der Waals surface area contributed by atoms with Crippen molar-refractivity contribution in [1.82, 2.24) is 15.5 Å². The topological polar surface area (TPSA) is 66.0 Å². The Morgan fingerprint density at radius 1 is 1.17 bits per heavy atom. The van der Waals surface area contributed by atoms with Crippen LogP contribution in [0.4, 0.5) is 0 Å². The molecule has 0 aromatic heterocycles. The highest BCUT2D eigenvalue weighted by Crippen LogP contribution is 2.23. The van der Waals surface area contributed by atoms with Crippen LogP contribution in [0.15, 0.2) is 4.99 Å². The molecular formula is C17H32N4O2. The maximum atomic E-state index is 12.1. The Kier molecular flexibility index (Phi) is 7.65. The van der Waals surface area contributed by atoms with Crippen molar-refractivity contribution in [3.8, 4) is 0 Å². The quantitative estimate of drug-likeness (QED) is 0.438. The Bertz CT molecular complexity index is 394. The van der Waals surface area contributed by atoms with Gasteiger partial charge in [-0.2, -0.15) is 0 Å². The van der Waals surface area contributed by atoms with E-state index in [-0.39, 0.29) is 11.8 Å². The first-order valence-electron chi connectivity index (χ1n) is 8.96. The summed E-state index contributed by atoms with van der Waals surface area (Å²) in [7, 11) is 3.57. The molecule has 2 N–H and O–H groups in total. The number of nitrogens with one attached hydrogen (secondary N) is 2. The predicted octanol–water partition coefficient (Wildman–Crippen LogP) is 1.23. The average molecular weight is 324 g/mol. The maximum Gasteiger partial charge on any atom is 0.223 e. The van der Waals surface area contributed by atoms with Gasteiger partial charge < -0.3 is 20.3 Å². The molecule has 23 heavy (non-hydrogen) atoms. The summed E-state index contributed by atoms with van der Waals surface area (Å²) in [6.07, 6.45) is 6.92. The van der Waals surface area contributed by atoms with Crippen molar-refractivity contribution < 1.29 is 9.53 Å². The van der Waals surface area contributed by atoms with Gasteiger partial charge in [-0.3, -0.25) is 9.79 Å². The first kappa shape index (κ1) is 18.0. The van der Waals surface area contributed by atoms with Gasteiger partial charge >= 0.3 is 0 Å². The summed E-state index contributed by atoms with van der Waals surface area (Å²) in [5.74, 6) is 1.97. The van der Waals surface area contributed by atoms with Gasteiger partial charge in [0, 0.05) is 52.2 Å². The van der Waals surface area contributed by atoms with Gasteiger partial charge in [0.1, 0.15) is 0 Å². The number of guanidine groups is 1. The normalized spacial score (nSPS) is 23.1. The molecule has 0 bridgehead atoms. The molecule has 2 aliphatic rings. The molecule has 2 fully saturated rings. The second-order valence-electron chi connectivity index (χ2n) is 6.66. The summed E-state index contributed by atoms with van der Waals surface area (Å²) < 4.78 is 5.24. The molecule has 0 aromatic rings. The van der Waals surface area contributed by atoms with E-state index in [0.717, 1.165) is 51.5 Å². The van der Waals surface area contributed by atoms with Gasteiger partial charge in [-0.1, -0.05) is 19.3 Å². The van der Waals surface area contributed by atoms with E-state index in [4.69, 9.17) is 4.74 Å². The predicted molar refractivity (Wildman–Crippen MR) is 92.5 cm³/mol. The lowest BCUT2D eigenvalue weighted by atomic mass is 9.89. The first-order chi connectivity index (χ1) is 11.2. The van der Waals surface area contributed by atoms with Crippen LogP contribution in [0.3, 0.4) is 0 Å². The molecule has 0 spiro atoms. The van der Waals surface area contributed by atoms with Gasteiger partial charge in [-0.05, 0) is 19.3 Å². The van der Waals surface area contributed by atoms with E-state index in [1.165, 1.54) is 19.3 Å². The van der Waals surface area contributed by atoms with E-state index >= 15 is 0 Å². The Hall–Kier alpha value is -1.30. The molecule has 1 aliphatic heterocycles. The lowest BCUT2D eigenvalue weighted by Gasteiger charge is -2.23. The third-order valence-electron chi connectivity index (χ3n) is 4.88. The summed E-state index contributed by atoms with van der Waals surface area (Å²) in [4.78, 5) is 18.7. The van der Waals surface area contributed by atoms with E-state index in [1.54, 1.807) is 7.11 Å². The number of methoxy groups -OCH3 is 1. The Morgan fingerprint density at radius 3 is 2.61 bits per heavy atom. The van der Waals surface area contributed by atoms with Crippen molar-refractivity contribution in [2.75, 3.05) is 46.9 Å². The molecule has 1 atom stereocenters. The third-order valence-corrected chi connectivity index (χ3v) is 4.88. The monoisotopic (exact) mass is 324 g/mol. The van der Waals surface area contributed by atoms with Gasteiger partial charge in [-0.25, -0.2) is 0 Å². The van der Waals surface area contributed by atoms with Crippen LogP contribution in [0.25, 0.3) is 0 Å². The molecule has 1 saturated carbocycles. The number of likely N-dealkylation sites (tertiary alicyclic amines) is 1. The summed E-state index contributed by atoms with van der Waals surface area (Å²) >= 11 is 0. The fraction of sp³-hybridized carbons (Fsp3) is 0.882. The zero-order valence-corrected chi connectivity index (χ0v) is 14.6. The van der Waals surface area contributed by atoms with Gasteiger partial charge in [-0.15, -0.1) is 0 Å². The van der Waals surface area contributed by atoms with Crippen molar-refractivity contribution in [2.24, 2.45) is 16.8 Å². The molecule has 6 heteroatoms. The standard InChI is InChI=1S/C17H32N4O2/c1-18-17(21-11-8-14(12-21)13-23-2)20-10-9-19-16(22)15-6-4-3-5-7-15/h14-15H,3-13H2,1-2H3,(H,18,20)(H,19,22). The van der Waals surface area contributed by atoms with Crippen molar-refractivity contribution in [2.45, 2.75) is 38.5 Å². The van der Waals surface area contributed by atoms with Gasteiger partial charge in [0.05, 0.1) is 6.61 Å². The van der Waals surface area contributed by atoms with Crippen LogP contribution in [-0.4, -0.2) is 63.7 Å². The van der Waals surface area contributed by atoms with Crippen LogP contribution in [0.5, 0.6) is 0 Å². The molecule has 1 saturated heterocycles. The summed E-state index contributed by atoms with van der Waals surface area (Å²) in [5.41, 5.74) is 0. The number of hydrogen-bond acceptors (Lipinski definition) is 3. The van der Waals surface area contributed by atoms with Gasteiger partial charge in [0.25, 0.3) is 0 Å². The molecule has 1 unspecified atom stereocenters. The van der Waals surface area contributed by atoms with Crippen molar-refractivity contribution in [3.05, 3.63) is 0 Å². The highest BCUT2D eigenvalue weighted by atomic mass is 16.5. The van der Waals surface area contributed by atoms with Gasteiger partial charge in [0.15, 0.2) is 5.96 Å². The van der Waals surface area contributed by atoms with Crippen LogP contribution in [0.1, 0.15) is 38.5 Å². The van der Waals surface area contributed by atoms with Crippen LogP contribution >= 0.6 is 0 Å². The minimum atomic E-state index is 0.225. The number of rotatable bonds is 6. The number of hydrogen-bond donors (Lipinski definition) is 2. The van der Waals surface area contributed by atoms with Gasteiger partial charge in [0.2, 0.25) is 5.91 Å². The fourth-order valence-electron chi connectivity index (χ4n) is 3.60. The van der Waals surface area contributed by atoms with Crippen LogP contribution < -0.4 is 10.6 Å². The molecular weight excluding hydrogens is 292 g/mol. The first-order valence-corrected chi connectivity index (χ1v) is 8.96. The number of amides is 1. The van der Waals surface area contributed by atoms with E-state index in [1.807, 2.05) is 7.05 Å². The fourth-order valence-corrected chi connectivity index (χ4v) is 3.60. The summed E-state index contributed by atoms with van der Waals surface area (Å²) in [6.45, 7) is 4.19. The maximum absolute atomic E-state index is 12.1. The Morgan fingerprint density at radius 2 is 1.91 bits per heavy atom. The minimum Gasteiger partial charge on any atom is -0.384 e. The lowest BCUT2D eigenvalue weighted by molar-refractivity contribution is -0.125. The van der Waals surface area contributed by atoms with E-state index in [0.29, 0.717) is 12.5 Å². The SMILES string of the molecule is CN=C(NCCNC(=O)C1CCCCC1)N1CCC(COC)C1. The summed E-state index contributed by atoms with van der Waals surface area (Å²) in [6, 6.07) is 0. The molecule has 2 rings (SSSR count). The molecule has 6 nitrogen and oxygen atoms in total. The highest BCUT2D eigenvalue weighted by molar-refractivity contribution is 5.80. The number of ether oxygens (including phenoxy) is 1. The van der Waals surface area contributed by atoms with E-state index in [9.17, 15) is 4.79 Å². The average Bonchev–Trinajstić information content (AvgIpc) is 3.04. The zero-order chi connectivity index (χ0) is 16.5. The number of carbonyl (C=O) groups excluding carboxylic acids is 1. The summed E-state index contributed by atoms with van der Waals surface area (Å²) in [5, 5.41) is 6.41. The van der Waals surface area contributed by atoms with E-state index in [2.05, 4.69) is 20.5 Å². The zero-order valence-electron chi connectivity index (χ0n) is 14.6. The van der Waals surface area contributed by atoms with Crippen molar-refractivity contribution in [3.63, 3.8) is 0 Å². The van der Waals surface area contributed by atoms with Crippen molar-refractivity contribution >= 4 is 11.9 Å². The van der Waals surface area contributed by atoms with E-state index < -0.39 is 0 Å². The van der Waals surface area contributed by atoms with Crippen LogP contribution in [0.2, 0.25) is 0 Å². The second-order valence-corrected chi connectivity index (χ2v) is 6.66.